The number of primary amides is 1. The lowest BCUT2D eigenvalue weighted by Gasteiger charge is -2.35. The number of rotatable bonds is 7. The van der Waals surface area contributed by atoms with E-state index in [1.807, 2.05) is 0 Å². The number of carbonyl (C=O) groups excluding carboxylic acids is 2. The van der Waals surface area contributed by atoms with Gasteiger partial charge < -0.3 is 16.4 Å². The summed E-state index contributed by atoms with van der Waals surface area (Å²) in [5, 5.41) is 16.7. The van der Waals surface area contributed by atoms with E-state index in [1.165, 1.54) is 18.2 Å². The van der Waals surface area contributed by atoms with Crippen LogP contribution in [0.25, 0.3) is 0 Å². The molecule has 1 aromatic heterocycles. The van der Waals surface area contributed by atoms with Gasteiger partial charge in [0.05, 0.1) is 23.5 Å². The van der Waals surface area contributed by atoms with Gasteiger partial charge in [0.15, 0.2) is 11.6 Å². The van der Waals surface area contributed by atoms with Crippen molar-refractivity contribution in [2.45, 2.75) is 31.3 Å². The Kier molecular flexibility index (Phi) is 5.92. The van der Waals surface area contributed by atoms with Crippen molar-refractivity contribution in [1.29, 1.82) is 0 Å². The van der Waals surface area contributed by atoms with Gasteiger partial charge in [0, 0.05) is 30.1 Å². The molecule has 0 unspecified atom stereocenters. The number of aromatic nitrogens is 2. The molecule has 2 aliphatic rings. The number of nitrogens with one attached hydrogen (secondary N) is 2. The van der Waals surface area contributed by atoms with E-state index < -0.39 is 28.6 Å². The Hall–Kier alpha value is -3.34. The van der Waals surface area contributed by atoms with Crippen LogP contribution >= 0.6 is 11.6 Å². The quantitative estimate of drug-likeness (QED) is 0.322. The van der Waals surface area contributed by atoms with Gasteiger partial charge in [-0.1, -0.05) is 12.1 Å². The van der Waals surface area contributed by atoms with Gasteiger partial charge in [0.2, 0.25) is 17.1 Å². The molecule has 2 aliphatic carbocycles. The monoisotopic (exact) mass is 462 g/mol. The van der Waals surface area contributed by atoms with Crippen molar-refractivity contribution in [3.63, 3.8) is 0 Å². The third-order valence-electron chi connectivity index (χ3n) is 6.18. The Labute approximate surface area is 186 Å². The molecule has 0 spiro atoms. The SMILES string of the molecule is NC(=O)[C@H]1[C@@H]2C[C@@H]([C@H]1Nc1nc(Cl)ncc1F)[C@H](NC(=O)Cc1cccc([N+](=O)[O-])c1)C2. The first-order chi connectivity index (χ1) is 15.2. The van der Waals surface area contributed by atoms with Gasteiger partial charge >= 0.3 is 0 Å². The van der Waals surface area contributed by atoms with Crippen LogP contribution in [0.5, 0.6) is 0 Å². The second-order valence-corrected chi connectivity index (χ2v) is 8.45. The highest BCUT2D eigenvalue weighted by molar-refractivity contribution is 6.28. The molecule has 2 fully saturated rings. The minimum atomic E-state index is -0.716. The van der Waals surface area contributed by atoms with Crippen molar-refractivity contribution in [3.05, 3.63) is 57.2 Å². The van der Waals surface area contributed by atoms with E-state index >= 15 is 0 Å². The molecule has 1 heterocycles. The molecule has 5 atom stereocenters. The summed E-state index contributed by atoms with van der Waals surface area (Å²) >= 11 is 5.77. The molecular formula is C20H20ClFN6O4. The maximum Gasteiger partial charge on any atom is 0.269 e. The number of carbonyl (C=O) groups is 2. The molecule has 4 N–H and O–H groups in total. The summed E-state index contributed by atoms with van der Waals surface area (Å²) in [5.41, 5.74) is 6.04. The van der Waals surface area contributed by atoms with Gasteiger partial charge in [-0.25, -0.2) is 9.37 Å². The van der Waals surface area contributed by atoms with Crippen LogP contribution in [0.2, 0.25) is 5.28 Å². The number of amides is 2. The molecular weight excluding hydrogens is 443 g/mol. The molecule has 2 amide bonds. The summed E-state index contributed by atoms with van der Waals surface area (Å²) < 4.78 is 14.2. The number of hydrogen-bond donors (Lipinski definition) is 3. The number of hydrogen-bond acceptors (Lipinski definition) is 7. The predicted molar refractivity (Wildman–Crippen MR) is 112 cm³/mol. The lowest BCUT2D eigenvalue weighted by molar-refractivity contribution is -0.384. The largest absolute Gasteiger partial charge is 0.369 e. The number of nitro benzene ring substituents is 1. The number of nitrogens with two attached hydrogens (primary N) is 1. The minimum Gasteiger partial charge on any atom is -0.369 e. The fourth-order valence-electron chi connectivity index (χ4n) is 4.96. The molecule has 168 valence electrons. The van der Waals surface area contributed by atoms with Crippen LogP contribution in [-0.2, 0) is 16.0 Å². The van der Waals surface area contributed by atoms with E-state index in [1.54, 1.807) is 6.07 Å². The Morgan fingerprint density at radius 2 is 2.12 bits per heavy atom. The number of benzene rings is 1. The minimum absolute atomic E-state index is 0.0247. The number of non-ortho nitro benzene ring substituents is 1. The predicted octanol–water partition coefficient (Wildman–Crippen LogP) is 1.83. The van der Waals surface area contributed by atoms with E-state index in [-0.39, 0.29) is 47.0 Å². The molecule has 0 aliphatic heterocycles. The zero-order valence-electron chi connectivity index (χ0n) is 16.7. The number of nitrogens with zero attached hydrogens (tertiary/aromatic N) is 3. The number of fused-ring (bicyclic) bond motifs is 2. The van der Waals surface area contributed by atoms with E-state index in [0.29, 0.717) is 18.4 Å². The second-order valence-electron chi connectivity index (χ2n) is 8.11. The van der Waals surface area contributed by atoms with E-state index in [2.05, 4.69) is 20.6 Å². The molecule has 4 rings (SSSR count). The summed E-state index contributed by atoms with van der Waals surface area (Å²) in [6.07, 6.45) is 2.10. The summed E-state index contributed by atoms with van der Waals surface area (Å²) in [6.45, 7) is 0. The van der Waals surface area contributed by atoms with Crippen molar-refractivity contribution in [2.75, 3.05) is 5.32 Å². The number of halogens is 2. The first-order valence-electron chi connectivity index (χ1n) is 9.99. The van der Waals surface area contributed by atoms with Gasteiger partial charge in [0.1, 0.15) is 0 Å². The highest BCUT2D eigenvalue weighted by Gasteiger charge is 2.55. The second kappa shape index (κ2) is 8.65. The standard InChI is InChI=1S/C20H20ClFN6O4/c21-20-24-8-13(22)19(27-20)26-17-12-6-10(16(17)18(23)30)7-14(12)25-15(29)5-9-2-1-3-11(4-9)28(31)32/h1-4,8,10,12,14,16-17H,5-7H2,(H2,23,30)(H,25,29)(H,24,26,27)/t10-,12-,14-,16+,17-/m1/s1. The van der Waals surface area contributed by atoms with Crippen LogP contribution < -0.4 is 16.4 Å². The summed E-state index contributed by atoms with van der Waals surface area (Å²) in [7, 11) is 0. The summed E-state index contributed by atoms with van der Waals surface area (Å²) in [4.78, 5) is 42.5. The smallest absolute Gasteiger partial charge is 0.269 e. The lowest BCUT2D eigenvalue weighted by Crippen LogP contribution is -2.52. The Bertz CT molecular complexity index is 1090. The third kappa shape index (κ3) is 4.33. The zero-order valence-corrected chi connectivity index (χ0v) is 17.5. The molecule has 1 aromatic carbocycles. The van der Waals surface area contributed by atoms with Crippen molar-refractivity contribution in [1.82, 2.24) is 15.3 Å². The first-order valence-corrected chi connectivity index (χ1v) is 10.4. The molecule has 0 saturated heterocycles. The number of nitro groups is 1. The molecule has 2 saturated carbocycles. The van der Waals surface area contributed by atoms with Crippen LogP contribution in [0.1, 0.15) is 18.4 Å². The van der Waals surface area contributed by atoms with Crippen LogP contribution in [0.4, 0.5) is 15.9 Å². The maximum absolute atomic E-state index is 14.2. The first kappa shape index (κ1) is 21.9. The average Bonchev–Trinajstić information content (AvgIpc) is 3.28. The van der Waals surface area contributed by atoms with E-state index in [9.17, 15) is 24.1 Å². The molecule has 12 heteroatoms. The molecule has 0 radical (unpaired) electrons. The van der Waals surface area contributed by atoms with Crippen molar-refractivity contribution >= 4 is 34.9 Å². The zero-order chi connectivity index (χ0) is 23.0. The average molecular weight is 463 g/mol. The van der Waals surface area contributed by atoms with Crippen LogP contribution in [0.15, 0.2) is 30.5 Å². The number of anilines is 1. The van der Waals surface area contributed by atoms with Gasteiger partial charge in [-0.15, -0.1) is 0 Å². The van der Waals surface area contributed by atoms with Crippen molar-refractivity contribution < 1.29 is 18.9 Å². The van der Waals surface area contributed by atoms with Gasteiger partial charge in [-0.05, 0) is 35.9 Å². The molecule has 10 nitrogen and oxygen atoms in total. The van der Waals surface area contributed by atoms with Crippen molar-refractivity contribution in [3.8, 4) is 0 Å². The molecule has 32 heavy (non-hydrogen) atoms. The van der Waals surface area contributed by atoms with E-state index in [4.69, 9.17) is 17.3 Å². The fraction of sp³-hybridized carbons (Fsp3) is 0.400. The highest BCUT2D eigenvalue weighted by atomic mass is 35.5. The van der Waals surface area contributed by atoms with Crippen molar-refractivity contribution in [2.24, 2.45) is 23.5 Å². The highest BCUT2D eigenvalue weighted by Crippen LogP contribution is 2.49. The fourth-order valence-corrected chi connectivity index (χ4v) is 5.09. The van der Waals surface area contributed by atoms with Gasteiger partial charge in [-0.3, -0.25) is 19.7 Å². The normalized spacial score (nSPS) is 26.0. The Morgan fingerprint density at radius 1 is 1.34 bits per heavy atom. The van der Waals surface area contributed by atoms with Crippen LogP contribution in [0, 0.1) is 33.7 Å². The summed E-state index contributed by atoms with van der Waals surface area (Å²) in [6, 6.07) is 5.08. The molecule has 2 bridgehead atoms. The van der Waals surface area contributed by atoms with Gasteiger partial charge in [0.25, 0.3) is 5.69 Å². The summed E-state index contributed by atoms with van der Waals surface area (Å²) in [5.74, 6) is -2.44. The third-order valence-corrected chi connectivity index (χ3v) is 6.37. The Balaban J connectivity index is 1.47. The topological polar surface area (TPSA) is 153 Å². The Morgan fingerprint density at radius 3 is 2.84 bits per heavy atom. The maximum atomic E-state index is 14.2. The van der Waals surface area contributed by atoms with Crippen LogP contribution in [0.3, 0.4) is 0 Å². The van der Waals surface area contributed by atoms with Crippen LogP contribution in [-0.4, -0.2) is 38.8 Å². The van der Waals surface area contributed by atoms with E-state index in [0.717, 1.165) is 6.20 Å². The van der Waals surface area contributed by atoms with Gasteiger partial charge in [-0.2, -0.15) is 4.98 Å². The lowest BCUT2D eigenvalue weighted by atomic mass is 9.81. The molecule has 2 aromatic rings.